The molecule has 1 aliphatic rings. The first kappa shape index (κ1) is 21.0. The quantitative estimate of drug-likeness (QED) is 0.454. The zero-order chi connectivity index (χ0) is 21.1. The molecule has 0 saturated carbocycles. The number of anilines is 3. The summed E-state index contributed by atoms with van der Waals surface area (Å²) < 4.78 is 11.7. The molecule has 3 aromatic rings. The molecule has 156 valence electrons. The number of aromatic nitrogens is 2. The number of fused-ring (bicyclic) bond motifs is 1. The number of aryl methyl sites for hydroxylation is 1. The van der Waals surface area contributed by atoms with E-state index in [-0.39, 0.29) is 11.7 Å². The van der Waals surface area contributed by atoms with Crippen LogP contribution in [0.3, 0.4) is 0 Å². The van der Waals surface area contributed by atoms with E-state index < -0.39 is 0 Å². The molecule has 4 rings (SSSR count). The third-order valence-corrected chi connectivity index (χ3v) is 6.75. The number of halogens is 2. The maximum absolute atomic E-state index is 12.3. The van der Waals surface area contributed by atoms with Crippen LogP contribution < -0.4 is 20.1 Å². The topological polar surface area (TPSA) is 85.4 Å². The van der Waals surface area contributed by atoms with E-state index in [4.69, 9.17) is 32.7 Å². The smallest absolute Gasteiger partial charge is 0.234 e. The van der Waals surface area contributed by atoms with Crippen LogP contribution in [0.2, 0.25) is 10.0 Å². The number of benzene rings is 2. The van der Waals surface area contributed by atoms with Crippen molar-refractivity contribution in [3.05, 3.63) is 45.9 Å². The van der Waals surface area contributed by atoms with E-state index in [1.54, 1.807) is 12.1 Å². The highest BCUT2D eigenvalue weighted by molar-refractivity contribution is 8.01. The number of nitrogens with one attached hydrogen (secondary N) is 2. The first-order chi connectivity index (χ1) is 14.5. The molecule has 2 heterocycles. The Morgan fingerprint density at radius 1 is 1.13 bits per heavy atom. The van der Waals surface area contributed by atoms with Crippen molar-refractivity contribution in [3.63, 3.8) is 0 Å². The van der Waals surface area contributed by atoms with Crippen molar-refractivity contribution in [1.82, 2.24) is 10.2 Å². The Bertz CT molecular complexity index is 1090. The molecule has 0 atom stereocenters. The van der Waals surface area contributed by atoms with Gasteiger partial charge in [-0.15, -0.1) is 10.2 Å². The molecular weight excluding hydrogens is 467 g/mol. The second-order valence-electron chi connectivity index (χ2n) is 6.27. The molecule has 0 radical (unpaired) electrons. The van der Waals surface area contributed by atoms with Crippen LogP contribution in [0, 0.1) is 6.92 Å². The zero-order valence-electron chi connectivity index (χ0n) is 15.7. The van der Waals surface area contributed by atoms with E-state index >= 15 is 0 Å². The SMILES string of the molecule is Cc1ccc(Nc2nnc(SCC(=O)Nc3cc4c(cc3Cl)OCCO4)s2)cc1Cl. The second-order valence-corrected chi connectivity index (χ2v) is 9.29. The lowest BCUT2D eigenvalue weighted by atomic mass is 10.2. The van der Waals surface area contributed by atoms with Crippen LogP contribution in [-0.4, -0.2) is 35.1 Å². The summed E-state index contributed by atoms with van der Waals surface area (Å²) in [5.74, 6) is 1.08. The standard InChI is InChI=1S/C19H16Cl2N4O3S2/c1-10-2-3-11(6-12(10)20)22-18-24-25-19(30-18)29-9-17(26)23-14-8-16-15(7-13(14)21)27-4-5-28-16/h2-3,6-8H,4-5,9H2,1H3,(H,22,24)(H,23,26). The van der Waals surface area contributed by atoms with Gasteiger partial charge < -0.3 is 20.1 Å². The average Bonchev–Trinajstić information content (AvgIpc) is 3.17. The molecular formula is C19H16Cl2N4O3S2. The average molecular weight is 483 g/mol. The Morgan fingerprint density at radius 3 is 2.67 bits per heavy atom. The van der Waals surface area contributed by atoms with E-state index in [1.807, 2.05) is 25.1 Å². The van der Waals surface area contributed by atoms with Gasteiger partial charge >= 0.3 is 0 Å². The van der Waals surface area contributed by atoms with Gasteiger partial charge in [0, 0.05) is 22.8 Å². The van der Waals surface area contributed by atoms with Gasteiger partial charge in [-0.1, -0.05) is 52.4 Å². The van der Waals surface area contributed by atoms with Crippen molar-refractivity contribution < 1.29 is 14.3 Å². The molecule has 0 spiro atoms. The predicted molar refractivity (Wildman–Crippen MR) is 121 cm³/mol. The van der Waals surface area contributed by atoms with Gasteiger partial charge in [-0.05, 0) is 24.6 Å². The summed E-state index contributed by atoms with van der Waals surface area (Å²) in [6, 6.07) is 8.97. The molecule has 2 N–H and O–H groups in total. The first-order valence-corrected chi connectivity index (χ1v) is 11.4. The van der Waals surface area contributed by atoms with Crippen molar-refractivity contribution in [2.75, 3.05) is 29.6 Å². The van der Waals surface area contributed by atoms with Gasteiger partial charge in [0.1, 0.15) is 13.2 Å². The van der Waals surface area contributed by atoms with Crippen molar-refractivity contribution >= 4 is 68.7 Å². The molecule has 1 amide bonds. The highest BCUT2D eigenvalue weighted by Crippen LogP contribution is 2.38. The number of hydrogen-bond acceptors (Lipinski definition) is 8. The summed E-state index contributed by atoms with van der Waals surface area (Å²) >= 11 is 15.0. The van der Waals surface area contributed by atoms with Crippen molar-refractivity contribution in [2.45, 2.75) is 11.3 Å². The Morgan fingerprint density at radius 2 is 1.90 bits per heavy atom. The van der Waals surface area contributed by atoms with Gasteiger partial charge in [-0.3, -0.25) is 4.79 Å². The van der Waals surface area contributed by atoms with Crippen LogP contribution >= 0.6 is 46.3 Å². The third kappa shape index (κ3) is 5.10. The summed E-state index contributed by atoms with van der Waals surface area (Å²) in [7, 11) is 0. The first-order valence-electron chi connectivity index (χ1n) is 8.86. The van der Waals surface area contributed by atoms with Crippen LogP contribution in [0.4, 0.5) is 16.5 Å². The van der Waals surface area contributed by atoms with Crippen LogP contribution in [-0.2, 0) is 4.79 Å². The highest BCUT2D eigenvalue weighted by atomic mass is 35.5. The summed E-state index contributed by atoms with van der Waals surface area (Å²) in [4.78, 5) is 12.3. The number of ether oxygens (including phenoxy) is 2. The Labute approximate surface area is 191 Å². The summed E-state index contributed by atoms with van der Waals surface area (Å²) in [5, 5.41) is 15.8. The van der Waals surface area contributed by atoms with Gasteiger partial charge in [0.25, 0.3) is 0 Å². The number of nitrogens with zero attached hydrogens (tertiary/aromatic N) is 2. The maximum Gasteiger partial charge on any atom is 0.234 e. The molecule has 0 saturated heterocycles. The number of amides is 1. The van der Waals surface area contributed by atoms with Crippen molar-refractivity contribution in [3.8, 4) is 11.5 Å². The van der Waals surface area contributed by atoms with Gasteiger partial charge in [-0.25, -0.2) is 0 Å². The van der Waals surface area contributed by atoms with Gasteiger partial charge in [0.2, 0.25) is 11.0 Å². The fourth-order valence-corrected chi connectivity index (χ4v) is 4.54. The van der Waals surface area contributed by atoms with Gasteiger partial charge in [0.05, 0.1) is 16.5 Å². The van der Waals surface area contributed by atoms with E-state index in [1.165, 1.54) is 23.1 Å². The zero-order valence-corrected chi connectivity index (χ0v) is 18.8. The predicted octanol–water partition coefficient (Wildman–Crippen LogP) is 5.40. The van der Waals surface area contributed by atoms with E-state index in [0.717, 1.165) is 11.3 Å². The normalized spacial score (nSPS) is 12.5. The molecule has 0 aliphatic carbocycles. The molecule has 0 bridgehead atoms. The summed E-state index contributed by atoms with van der Waals surface area (Å²) in [5.41, 5.74) is 2.30. The Balaban J connectivity index is 1.33. The second kappa shape index (κ2) is 9.30. The Hall–Kier alpha value is -2.20. The number of thioether (sulfide) groups is 1. The minimum Gasteiger partial charge on any atom is -0.486 e. The molecule has 1 aromatic heterocycles. The largest absolute Gasteiger partial charge is 0.486 e. The summed E-state index contributed by atoms with van der Waals surface area (Å²) in [6.07, 6.45) is 0. The molecule has 2 aromatic carbocycles. The highest BCUT2D eigenvalue weighted by Gasteiger charge is 2.17. The van der Waals surface area contributed by atoms with Gasteiger partial charge in [-0.2, -0.15) is 0 Å². The number of hydrogen-bond donors (Lipinski definition) is 2. The minimum absolute atomic E-state index is 0.162. The maximum atomic E-state index is 12.3. The molecule has 30 heavy (non-hydrogen) atoms. The lowest BCUT2D eigenvalue weighted by Crippen LogP contribution is -2.17. The lowest BCUT2D eigenvalue weighted by Gasteiger charge is -2.19. The van der Waals surface area contributed by atoms with E-state index in [9.17, 15) is 4.79 Å². The monoisotopic (exact) mass is 482 g/mol. The van der Waals surface area contributed by atoms with Crippen molar-refractivity contribution in [1.29, 1.82) is 0 Å². The fourth-order valence-electron chi connectivity index (χ4n) is 2.59. The summed E-state index contributed by atoms with van der Waals surface area (Å²) in [6.45, 7) is 2.87. The van der Waals surface area contributed by atoms with Crippen LogP contribution in [0.1, 0.15) is 5.56 Å². The Kier molecular flexibility index (Phi) is 6.52. The molecule has 11 heteroatoms. The van der Waals surface area contributed by atoms with Crippen LogP contribution in [0.5, 0.6) is 11.5 Å². The van der Waals surface area contributed by atoms with Crippen molar-refractivity contribution in [2.24, 2.45) is 0 Å². The number of carbonyl (C=O) groups is 1. The fraction of sp³-hybridized carbons (Fsp3) is 0.211. The van der Waals surface area contributed by atoms with E-state index in [2.05, 4.69) is 20.8 Å². The molecule has 0 unspecified atom stereocenters. The molecule has 7 nitrogen and oxygen atoms in total. The van der Waals surface area contributed by atoms with Crippen LogP contribution in [0.25, 0.3) is 0 Å². The lowest BCUT2D eigenvalue weighted by molar-refractivity contribution is -0.113. The van der Waals surface area contributed by atoms with E-state index in [0.29, 0.717) is 49.9 Å². The number of rotatable bonds is 6. The number of carbonyl (C=O) groups excluding carboxylic acids is 1. The van der Waals surface area contributed by atoms with Crippen LogP contribution in [0.15, 0.2) is 34.7 Å². The minimum atomic E-state index is -0.214. The third-order valence-electron chi connectivity index (χ3n) is 4.06. The molecule has 1 aliphatic heterocycles. The molecule has 0 fully saturated rings. The van der Waals surface area contributed by atoms with Gasteiger partial charge in [0.15, 0.2) is 15.8 Å².